The molecule has 0 saturated carbocycles. The average molecular weight is 203 g/mol. The summed E-state index contributed by atoms with van der Waals surface area (Å²) < 4.78 is 0. The molecule has 2 N–H and O–H groups in total. The van der Waals surface area contributed by atoms with Gasteiger partial charge in [0.15, 0.2) is 6.10 Å². The number of hydrogen-bond acceptors (Lipinski definition) is 3. The van der Waals surface area contributed by atoms with Crippen LogP contribution < -0.4 is 0 Å². The zero-order valence-corrected chi connectivity index (χ0v) is 9.23. The van der Waals surface area contributed by atoms with Gasteiger partial charge in [-0.2, -0.15) is 0 Å². The second kappa shape index (κ2) is 6.79. The smallest absolute Gasteiger partial charge is 0.253 e. The van der Waals surface area contributed by atoms with Gasteiger partial charge >= 0.3 is 0 Å². The number of unbranched alkanes of at least 4 members (excludes halogenated alkanes) is 2. The van der Waals surface area contributed by atoms with Gasteiger partial charge in [-0.3, -0.25) is 4.79 Å². The van der Waals surface area contributed by atoms with Crippen molar-refractivity contribution in [2.45, 2.75) is 45.3 Å². The van der Waals surface area contributed by atoms with Crippen LogP contribution in [0.3, 0.4) is 0 Å². The Morgan fingerprint density at radius 2 is 1.93 bits per heavy atom. The van der Waals surface area contributed by atoms with Crippen LogP contribution >= 0.6 is 0 Å². The minimum absolute atomic E-state index is 0.406. The SMILES string of the molecule is CCCCCN(C)C(=O)[C@H](O)[C@H](C)O. The molecule has 0 heterocycles. The molecular formula is C10H21NO3. The molecule has 0 fully saturated rings. The lowest BCUT2D eigenvalue weighted by atomic mass is 10.2. The van der Waals surface area contributed by atoms with Crippen LogP contribution in [0.15, 0.2) is 0 Å². The second-order valence-corrected chi connectivity index (χ2v) is 3.65. The van der Waals surface area contributed by atoms with Crippen molar-refractivity contribution in [3.8, 4) is 0 Å². The largest absolute Gasteiger partial charge is 0.390 e. The predicted octanol–water partition coefficient (Wildman–Crippen LogP) is 0.377. The molecule has 0 aliphatic heterocycles. The molecule has 0 radical (unpaired) electrons. The van der Waals surface area contributed by atoms with E-state index in [-0.39, 0.29) is 0 Å². The Labute approximate surface area is 85.5 Å². The van der Waals surface area contributed by atoms with E-state index in [1.54, 1.807) is 7.05 Å². The number of likely N-dealkylation sites (N-methyl/N-ethyl adjacent to an activating group) is 1. The lowest BCUT2D eigenvalue weighted by Gasteiger charge is -2.21. The Morgan fingerprint density at radius 3 is 2.36 bits per heavy atom. The van der Waals surface area contributed by atoms with Gasteiger partial charge in [-0.15, -0.1) is 0 Å². The maximum atomic E-state index is 11.4. The molecule has 84 valence electrons. The molecule has 0 unspecified atom stereocenters. The van der Waals surface area contributed by atoms with Crippen LogP contribution in [-0.4, -0.2) is 46.8 Å². The van der Waals surface area contributed by atoms with E-state index in [1.165, 1.54) is 11.8 Å². The van der Waals surface area contributed by atoms with Gasteiger partial charge in [-0.1, -0.05) is 19.8 Å². The molecule has 4 nitrogen and oxygen atoms in total. The monoisotopic (exact) mass is 203 g/mol. The van der Waals surface area contributed by atoms with Gasteiger partial charge in [0.1, 0.15) is 0 Å². The predicted molar refractivity (Wildman–Crippen MR) is 54.8 cm³/mol. The summed E-state index contributed by atoms with van der Waals surface area (Å²) in [5, 5.41) is 18.3. The highest BCUT2D eigenvalue weighted by Crippen LogP contribution is 2.01. The quantitative estimate of drug-likeness (QED) is 0.613. The minimum Gasteiger partial charge on any atom is -0.390 e. The zero-order chi connectivity index (χ0) is 11.1. The summed E-state index contributed by atoms with van der Waals surface area (Å²) in [5.41, 5.74) is 0. The van der Waals surface area contributed by atoms with Gasteiger partial charge in [0, 0.05) is 13.6 Å². The third-order valence-corrected chi connectivity index (χ3v) is 2.18. The number of amides is 1. The summed E-state index contributed by atoms with van der Waals surface area (Å²) in [6.07, 6.45) is 0.812. The summed E-state index contributed by atoms with van der Waals surface area (Å²) >= 11 is 0. The highest BCUT2D eigenvalue weighted by Gasteiger charge is 2.23. The summed E-state index contributed by atoms with van der Waals surface area (Å²) in [5.74, 6) is -0.406. The Kier molecular flexibility index (Phi) is 6.49. The van der Waals surface area contributed by atoms with Crippen molar-refractivity contribution in [3.05, 3.63) is 0 Å². The molecule has 0 spiro atoms. The van der Waals surface area contributed by atoms with Crippen LogP contribution in [0.1, 0.15) is 33.1 Å². The standard InChI is InChI=1S/C10H21NO3/c1-4-5-6-7-11(3)10(14)9(13)8(2)12/h8-9,12-13H,4-7H2,1-3H3/t8-,9+/m0/s1. The third kappa shape index (κ3) is 4.58. The van der Waals surface area contributed by atoms with E-state index in [4.69, 9.17) is 5.11 Å². The van der Waals surface area contributed by atoms with Crippen molar-refractivity contribution in [2.75, 3.05) is 13.6 Å². The first kappa shape index (κ1) is 13.4. The lowest BCUT2D eigenvalue weighted by Crippen LogP contribution is -2.42. The topological polar surface area (TPSA) is 60.8 Å². The van der Waals surface area contributed by atoms with Gasteiger partial charge in [0.05, 0.1) is 6.10 Å². The molecule has 0 rings (SSSR count). The number of hydrogen-bond donors (Lipinski definition) is 2. The molecule has 2 atom stereocenters. The normalized spacial score (nSPS) is 14.9. The first-order valence-electron chi connectivity index (χ1n) is 5.11. The molecule has 1 amide bonds. The van der Waals surface area contributed by atoms with E-state index in [0.29, 0.717) is 6.54 Å². The van der Waals surface area contributed by atoms with Crippen molar-refractivity contribution in [2.24, 2.45) is 0 Å². The summed E-state index contributed by atoms with van der Waals surface area (Å²) in [6, 6.07) is 0. The number of carbonyl (C=O) groups is 1. The molecule has 0 aliphatic carbocycles. The van der Waals surface area contributed by atoms with Gasteiger partial charge in [-0.05, 0) is 13.3 Å². The Bertz CT molecular complexity index is 171. The van der Waals surface area contributed by atoms with Crippen molar-refractivity contribution in [1.29, 1.82) is 0 Å². The van der Waals surface area contributed by atoms with Crippen LogP contribution in [0.2, 0.25) is 0 Å². The molecule has 0 aromatic carbocycles. The molecule has 0 aromatic rings. The highest BCUT2D eigenvalue weighted by atomic mass is 16.3. The Balaban J connectivity index is 3.86. The maximum absolute atomic E-state index is 11.4. The fourth-order valence-electron chi connectivity index (χ4n) is 1.14. The fraction of sp³-hybridized carbons (Fsp3) is 0.900. The number of rotatable bonds is 6. The first-order valence-corrected chi connectivity index (χ1v) is 5.11. The molecule has 14 heavy (non-hydrogen) atoms. The first-order chi connectivity index (χ1) is 6.50. The fourth-order valence-corrected chi connectivity index (χ4v) is 1.14. The van der Waals surface area contributed by atoms with Crippen molar-refractivity contribution in [3.63, 3.8) is 0 Å². The summed E-state index contributed by atoms with van der Waals surface area (Å²) in [6.45, 7) is 4.13. The van der Waals surface area contributed by atoms with Gasteiger partial charge in [0.25, 0.3) is 5.91 Å². The number of aliphatic hydroxyl groups excluding tert-OH is 2. The van der Waals surface area contributed by atoms with E-state index >= 15 is 0 Å². The molecule has 0 aliphatic rings. The maximum Gasteiger partial charge on any atom is 0.253 e. The third-order valence-electron chi connectivity index (χ3n) is 2.18. The van der Waals surface area contributed by atoms with Crippen LogP contribution in [0, 0.1) is 0 Å². The van der Waals surface area contributed by atoms with Gasteiger partial charge < -0.3 is 15.1 Å². The molecular weight excluding hydrogens is 182 g/mol. The van der Waals surface area contributed by atoms with E-state index in [0.717, 1.165) is 19.3 Å². The Hall–Kier alpha value is -0.610. The van der Waals surface area contributed by atoms with E-state index in [1.807, 2.05) is 0 Å². The summed E-state index contributed by atoms with van der Waals surface area (Å²) in [7, 11) is 1.64. The second-order valence-electron chi connectivity index (χ2n) is 3.65. The van der Waals surface area contributed by atoms with Crippen LogP contribution in [0.4, 0.5) is 0 Å². The number of carbonyl (C=O) groups excluding carboxylic acids is 1. The van der Waals surface area contributed by atoms with Crippen LogP contribution in [0.5, 0.6) is 0 Å². The number of nitrogens with zero attached hydrogens (tertiary/aromatic N) is 1. The van der Waals surface area contributed by atoms with E-state index < -0.39 is 18.1 Å². The van der Waals surface area contributed by atoms with Crippen LogP contribution in [-0.2, 0) is 4.79 Å². The van der Waals surface area contributed by atoms with Gasteiger partial charge in [-0.25, -0.2) is 0 Å². The number of aliphatic hydroxyl groups is 2. The van der Waals surface area contributed by atoms with E-state index in [9.17, 15) is 9.90 Å². The molecule has 0 bridgehead atoms. The molecule has 0 aromatic heterocycles. The zero-order valence-electron chi connectivity index (χ0n) is 9.23. The lowest BCUT2D eigenvalue weighted by molar-refractivity contribution is -0.144. The molecule has 4 heteroatoms. The molecule has 0 saturated heterocycles. The minimum atomic E-state index is -1.29. The van der Waals surface area contributed by atoms with Crippen molar-refractivity contribution < 1.29 is 15.0 Å². The van der Waals surface area contributed by atoms with Crippen molar-refractivity contribution >= 4 is 5.91 Å². The van der Waals surface area contributed by atoms with E-state index in [2.05, 4.69) is 6.92 Å². The van der Waals surface area contributed by atoms with Crippen molar-refractivity contribution in [1.82, 2.24) is 4.90 Å². The average Bonchev–Trinajstić information content (AvgIpc) is 2.15. The summed E-state index contributed by atoms with van der Waals surface area (Å²) in [4.78, 5) is 12.9. The van der Waals surface area contributed by atoms with Crippen LogP contribution in [0.25, 0.3) is 0 Å². The Morgan fingerprint density at radius 1 is 1.36 bits per heavy atom. The highest BCUT2D eigenvalue weighted by molar-refractivity contribution is 5.80. The van der Waals surface area contributed by atoms with Gasteiger partial charge in [0.2, 0.25) is 0 Å².